The first-order valence-electron chi connectivity index (χ1n) is 12.5. The summed E-state index contributed by atoms with van der Waals surface area (Å²) in [5.41, 5.74) is 5.13. The monoisotopic (exact) mass is 493 g/mol. The van der Waals surface area contributed by atoms with Crippen LogP contribution in [0.4, 0.5) is 13.2 Å². The number of rotatable bonds is 5. The Labute approximate surface area is 209 Å². The number of nitrogens with one attached hydrogen (secondary N) is 1. The van der Waals surface area contributed by atoms with Crippen LogP contribution >= 0.6 is 0 Å². The third-order valence-corrected chi connectivity index (χ3v) is 7.28. The van der Waals surface area contributed by atoms with Crippen LogP contribution in [0.3, 0.4) is 0 Å². The van der Waals surface area contributed by atoms with E-state index in [0.29, 0.717) is 18.7 Å². The van der Waals surface area contributed by atoms with E-state index in [4.69, 9.17) is 4.98 Å². The quantitative estimate of drug-likeness (QED) is 0.434. The summed E-state index contributed by atoms with van der Waals surface area (Å²) in [5, 5.41) is 3.20. The SMILES string of the molecule is CC(C)C1c2ncc(C(=O)NC3CCCc4ccccc43)cc2CN1Cc1ccc(C(F)(F)F)cc1. The second-order valence-electron chi connectivity index (χ2n) is 10.2. The largest absolute Gasteiger partial charge is 0.416 e. The number of hydrogen-bond donors (Lipinski definition) is 1. The van der Waals surface area contributed by atoms with E-state index in [1.54, 1.807) is 6.20 Å². The molecule has 36 heavy (non-hydrogen) atoms. The minimum atomic E-state index is -4.34. The van der Waals surface area contributed by atoms with Crippen molar-refractivity contribution in [2.75, 3.05) is 0 Å². The topological polar surface area (TPSA) is 45.2 Å². The molecule has 1 aliphatic heterocycles. The molecule has 0 saturated heterocycles. The fraction of sp³-hybridized carbons (Fsp3) is 0.379. The van der Waals surface area contributed by atoms with Gasteiger partial charge in [-0.25, -0.2) is 0 Å². The van der Waals surface area contributed by atoms with Gasteiger partial charge in [-0.3, -0.25) is 14.7 Å². The molecule has 2 atom stereocenters. The molecule has 1 aromatic heterocycles. The molecular weight excluding hydrogens is 463 g/mol. The lowest BCUT2D eigenvalue weighted by atomic mass is 9.87. The lowest BCUT2D eigenvalue weighted by Gasteiger charge is -2.27. The van der Waals surface area contributed by atoms with Gasteiger partial charge >= 0.3 is 6.18 Å². The second kappa shape index (κ2) is 9.69. The molecule has 2 aromatic carbocycles. The van der Waals surface area contributed by atoms with E-state index in [1.807, 2.05) is 18.2 Å². The van der Waals surface area contributed by atoms with E-state index in [9.17, 15) is 18.0 Å². The number of halogens is 3. The third-order valence-electron chi connectivity index (χ3n) is 7.28. The van der Waals surface area contributed by atoms with Crippen LogP contribution in [0.15, 0.2) is 60.8 Å². The molecule has 0 spiro atoms. The maximum absolute atomic E-state index is 13.2. The number of aromatic nitrogens is 1. The molecule has 7 heteroatoms. The zero-order valence-corrected chi connectivity index (χ0v) is 20.5. The molecule has 3 aromatic rings. The number of hydrogen-bond acceptors (Lipinski definition) is 3. The minimum Gasteiger partial charge on any atom is -0.345 e. The highest BCUT2D eigenvalue weighted by molar-refractivity contribution is 5.94. The molecule has 2 heterocycles. The van der Waals surface area contributed by atoms with E-state index in [1.165, 1.54) is 23.3 Å². The van der Waals surface area contributed by atoms with Gasteiger partial charge in [0.25, 0.3) is 5.91 Å². The summed E-state index contributed by atoms with van der Waals surface area (Å²) in [6.07, 6.45) is 0.300. The van der Waals surface area contributed by atoms with Crippen LogP contribution in [0.2, 0.25) is 0 Å². The van der Waals surface area contributed by atoms with Crippen molar-refractivity contribution in [3.8, 4) is 0 Å². The standard InChI is InChI=1S/C29H30F3N3O/c1-18(2)27-26-22(17-35(27)16-19-10-12-23(13-11-19)29(30,31)32)14-21(15-33-26)28(36)34-25-9-5-7-20-6-3-4-8-24(20)25/h3-4,6,8,10-15,18,25,27H,5,7,9,16-17H2,1-2H3,(H,34,36). The molecule has 4 nitrogen and oxygen atoms in total. The van der Waals surface area contributed by atoms with Gasteiger partial charge in [0.15, 0.2) is 0 Å². The smallest absolute Gasteiger partial charge is 0.345 e. The Morgan fingerprint density at radius 1 is 1.11 bits per heavy atom. The van der Waals surface area contributed by atoms with E-state index in [0.717, 1.165) is 48.2 Å². The van der Waals surface area contributed by atoms with Crippen LogP contribution in [0.5, 0.6) is 0 Å². The fourth-order valence-electron chi connectivity index (χ4n) is 5.60. The molecular formula is C29H30F3N3O. The zero-order chi connectivity index (χ0) is 25.4. The number of aryl methyl sites for hydroxylation is 1. The Morgan fingerprint density at radius 3 is 2.58 bits per heavy atom. The lowest BCUT2D eigenvalue weighted by Crippen LogP contribution is -2.31. The number of nitrogens with zero attached hydrogens (tertiary/aromatic N) is 2. The highest BCUT2D eigenvalue weighted by Crippen LogP contribution is 2.39. The Balaban J connectivity index is 1.33. The lowest BCUT2D eigenvalue weighted by molar-refractivity contribution is -0.137. The minimum absolute atomic E-state index is 0.00437. The van der Waals surface area contributed by atoms with Crippen LogP contribution in [0.1, 0.15) is 82.6 Å². The predicted molar refractivity (Wildman–Crippen MR) is 132 cm³/mol. The average molecular weight is 494 g/mol. The Kier molecular flexibility index (Phi) is 6.60. The summed E-state index contributed by atoms with van der Waals surface area (Å²) in [4.78, 5) is 20.1. The fourth-order valence-corrected chi connectivity index (χ4v) is 5.60. The predicted octanol–water partition coefficient (Wildman–Crippen LogP) is 6.62. The Morgan fingerprint density at radius 2 is 1.86 bits per heavy atom. The number of fused-ring (bicyclic) bond motifs is 2. The van der Waals surface area contributed by atoms with Crippen LogP contribution in [-0.2, 0) is 25.7 Å². The van der Waals surface area contributed by atoms with Crippen molar-refractivity contribution < 1.29 is 18.0 Å². The molecule has 0 radical (unpaired) electrons. The first kappa shape index (κ1) is 24.5. The molecule has 1 N–H and O–H groups in total. The number of amides is 1. The van der Waals surface area contributed by atoms with Gasteiger partial charge in [0.05, 0.1) is 28.9 Å². The molecule has 0 fully saturated rings. The molecule has 1 amide bonds. The van der Waals surface area contributed by atoms with Gasteiger partial charge in [-0.1, -0.05) is 50.2 Å². The van der Waals surface area contributed by atoms with Gasteiger partial charge < -0.3 is 5.32 Å². The Bertz CT molecular complexity index is 1250. The van der Waals surface area contributed by atoms with Gasteiger partial charge in [0.1, 0.15) is 0 Å². The molecule has 0 saturated carbocycles. The molecule has 5 rings (SSSR count). The van der Waals surface area contributed by atoms with Crippen LogP contribution in [0.25, 0.3) is 0 Å². The van der Waals surface area contributed by atoms with Crippen LogP contribution in [0, 0.1) is 5.92 Å². The first-order chi connectivity index (χ1) is 17.2. The van der Waals surface area contributed by atoms with Crippen molar-refractivity contribution in [2.24, 2.45) is 5.92 Å². The van der Waals surface area contributed by atoms with E-state index >= 15 is 0 Å². The third kappa shape index (κ3) is 4.89. The maximum atomic E-state index is 13.2. The van der Waals surface area contributed by atoms with Crippen molar-refractivity contribution in [1.29, 1.82) is 0 Å². The summed E-state index contributed by atoms with van der Waals surface area (Å²) in [6, 6.07) is 15.6. The van der Waals surface area contributed by atoms with Crippen LogP contribution in [-0.4, -0.2) is 15.8 Å². The molecule has 0 bridgehead atoms. The second-order valence-corrected chi connectivity index (χ2v) is 10.2. The summed E-state index contributed by atoms with van der Waals surface area (Å²) in [5.74, 6) is 0.126. The highest BCUT2D eigenvalue weighted by Gasteiger charge is 2.35. The van der Waals surface area contributed by atoms with E-state index < -0.39 is 11.7 Å². The normalized spacial score (nSPS) is 19.7. The van der Waals surface area contributed by atoms with Crippen molar-refractivity contribution in [1.82, 2.24) is 15.2 Å². The van der Waals surface area contributed by atoms with Gasteiger partial charge in [-0.15, -0.1) is 0 Å². The van der Waals surface area contributed by atoms with Crippen molar-refractivity contribution in [3.05, 3.63) is 99.9 Å². The molecule has 188 valence electrons. The van der Waals surface area contributed by atoms with Crippen molar-refractivity contribution in [2.45, 2.75) is 64.5 Å². The summed E-state index contributed by atoms with van der Waals surface area (Å²) in [6.45, 7) is 5.34. The van der Waals surface area contributed by atoms with Crippen molar-refractivity contribution >= 4 is 5.91 Å². The van der Waals surface area contributed by atoms with Gasteiger partial charge in [0.2, 0.25) is 0 Å². The number of carbonyl (C=O) groups is 1. The molecule has 1 aliphatic carbocycles. The zero-order valence-electron chi connectivity index (χ0n) is 20.5. The summed E-state index contributed by atoms with van der Waals surface area (Å²) >= 11 is 0. The van der Waals surface area contributed by atoms with E-state index in [2.05, 4.69) is 36.2 Å². The average Bonchev–Trinajstić information content (AvgIpc) is 3.21. The Hall–Kier alpha value is -3.19. The number of benzene rings is 2. The van der Waals surface area contributed by atoms with Gasteiger partial charge in [0, 0.05) is 19.3 Å². The molecule has 2 unspecified atom stereocenters. The van der Waals surface area contributed by atoms with Crippen molar-refractivity contribution in [3.63, 3.8) is 0 Å². The summed E-state index contributed by atoms with van der Waals surface area (Å²) in [7, 11) is 0. The van der Waals surface area contributed by atoms with Gasteiger partial charge in [-0.2, -0.15) is 13.2 Å². The van der Waals surface area contributed by atoms with Gasteiger partial charge in [-0.05, 0) is 65.6 Å². The van der Waals surface area contributed by atoms with E-state index in [-0.39, 0.29) is 23.9 Å². The number of pyridine rings is 1. The number of alkyl halides is 3. The first-order valence-corrected chi connectivity index (χ1v) is 12.5. The maximum Gasteiger partial charge on any atom is 0.416 e. The molecule has 2 aliphatic rings. The summed E-state index contributed by atoms with van der Waals surface area (Å²) < 4.78 is 38.8. The van der Waals surface area contributed by atoms with Crippen LogP contribution < -0.4 is 5.32 Å². The number of carbonyl (C=O) groups excluding carboxylic acids is 1. The highest BCUT2D eigenvalue weighted by atomic mass is 19.4.